The van der Waals surface area contributed by atoms with Gasteiger partial charge < -0.3 is 9.84 Å². The van der Waals surface area contributed by atoms with Crippen LogP contribution in [0.1, 0.15) is 16.1 Å². The molecule has 0 atom stereocenters. The van der Waals surface area contributed by atoms with E-state index in [4.69, 9.17) is 9.84 Å². The van der Waals surface area contributed by atoms with Gasteiger partial charge in [-0.25, -0.2) is 0 Å². The van der Waals surface area contributed by atoms with Crippen molar-refractivity contribution in [2.75, 3.05) is 24.8 Å². The van der Waals surface area contributed by atoms with Crippen molar-refractivity contribution in [3.05, 3.63) is 47.8 Å². The number of carbonyl (C=O) groups excluding carboxylic acids is 1. The van der Waals surface area contributed by atoms with E-state index in [1.54, 1.807) is 13.3 Å². The Morgan fingerprint density at radius 1 is 1.30 bits per heavy atom. The Hall–Kier alpha value is -2.49. The van der Waals surface area contributed by atoms with Gasteiger partial charge in [0.1, 0.15) is 5.75 Å². The van der Waals surface area contributed by atoms with Crippen LogP contribution in [0.3, 0.4) is 0 Å². The molecule has 1 aromatic carbocycles. The Bertz CT molecular complexity index is 946. The molecule has 140 valence electrons. The summed E-state index contributed by atoms with van der Waals surface area (Å²) in [5.41, 5.74) is 2.76. The Morgan fingerprint density at radius 3 is 2.89 bits per heavy atom. The minimum Gasteiger partial charge on any atom is -0.496 e. The van der Waals surface area contributed by atoms with E-state index in [1.807, 2.05) is 37.3 Å². The van der Waals surface area contributed by atoms with E-state index in [1.165, 1.54) is 23.1 Å². The molecular formula is C18H18N4O3S2. The van der Waals surface area contributed by atoms with Crippen LogP contribution in [0.2, 0.25) is 0 Å². The van der Waals surface area contributed by atoms with Gasteiger partial charge in [-0.15, -0.1) is 10.2 Å². The highest BCUT2D eigenvalue weighted by Crippen LogP contribution is 2.33. The number of hydrogen-bond donors (Lipinski definition) is 2. The molecule has 0 aliphatic rings. The van der Waals surface area contributed by atoms with Crippen LogP contribution in [0.25, 0.3) is 11.1 Å². The maximum atomic E-state index is 12.8. The zero-order chi connectivity index (χ0) is 19.2. The molecule has 0 saturated carbocycles. The molecule has 3 aromatic rings. The zero-order valence-electron chi connectivity index (χ0n) is 14.8. The van der Waals surface area contributed by atoms with Crippen molar-refractivity contribution in [1.29, 1.82) is 0 Å². The highest BCUT2D eigenvalue weighted by Gasteiger charge is 2.18. The fourth-order valence-electron chi connectivity index (χ4n) is 2.45. The lowest BCUT2D eigenvalue weighted by molar-refractivity contribution is 0.102. The summed E-state index contributed by atoms with van der Waals surface area (Å²) in [5.74, 6) is 0.886. The van der Waals surface area contributed by atoms with Gasteiger partial charge in [0.2, 0.25) is 5.13 Å². The minimum absolute atomic E-state index is 0.0588. The molecule has 7 nitrogen and oxygen atoms in total. The standard InChI is InChI=1S/C18H18N4O3S2/c1-11-9-13(12-5-3-4-6-15(12)25-2)14(10-19-11)16(24)20-17-21-22-18(27-17)26-8-7-23/h3-6,9-10,23H,7-8H2,1-2H3,(H,20,21,24). The molecule has 2 N–H and O–H groups in total. The lowest BCUT2D eigenvalue weighted by Gasteiger charge is -2.13. The predicted octanol–water partition coefficient (Wildman–Crippen LogP) is 3.25. The quantitative estimate of drug-likeness (QED) is 0.462. The first-order chi connectivity index (χ1) is 13.1. The first-order valence-electron chi connectivity index (χ1n) is 8.11. The molecule has 2 aromatic heterocycles. The number of pyridine rings is 1. The Morgan fingerprint density at radius 2 is 2.11 bits per heavy atom. The Kier molecular flexibility index (Phi) is 6.38. The van der Waals surface area contributed by atoms with E-state index >= 15 is 0 Å². The van der Waals surface area contributed by atoms with Gasteiger partial charge >= 0.3 is 0 Å². The fraction of sp³-hybridized carbons (Fsp3) is 0.222. The van der Waals surface area contributed by atoms with Crippen LogP contribution in [0.15, 0.2) is 40.9 Å². The molecule has 3 rings (SSSR count). The molecule has 0 bridgehead atoms. The lowest BCUT2D eigenvalue weighted by Crippen LogP contribution is -2.14. The van der Waals surface area contributed by atoms with E-state index < -0.39 is 0 Å². The number of aryl methyl sites for hydroxylation is 1. The lowest BCUT2D eigenvalue weighted by atomic mass is 9.99. The number of ether oxygens (including phenoxy) is 1. The van der Waals surface area contributed by atoms with Gasteiger partial charge in [0.15, 0.2) is 4.34 Å². The number of anilines is 1. The SMILES string of the molecule is COc1ccccc1-c1cc(C)ncc1C(=O)Nc1nnc(SCCO)s1. The zero-order valence-corrected chi connectivity index (χ0v) is 16.4. The maximum Gasteiger partial charge on any atom is 0.259 e. The van der Waals surface area contributed by atoms with Crippen LogP contribution in [-0.4, -0.2) is 45.7 Å². The van der Waals surface area contributed by atoms with Crippen molar-refractivity contribution in [3.63, 3.8) is 0 Å². The molecule has 0 radical (unpaired) electrons. The third-order valence-electron chi connectivity index (χ3n) is 3.63. The van der Waals surface area contributed by atoms with Crippen molar-refractivity contribution >= 4 is 34.1 Å². The van der Waals surface area contributed by atoms with Gasteiger partial charge in [0.05, 0.1) is 19.3 Å². The number of aliphatic hydroxyl groups is 1. The van der Waals surface area contributed by atoms with Gasteiger partial charge in [-0.3, -0.25) is 15.1 Å². The number of hydrogen-bond acceptors (Lipinski definition) is 8. The van der Waals surface area contributed by atoms with Gasteiger partial charge in [0, 0.05) is 28.8 Å². The highest BCUT2D eigenvalue weighted by molar-refractivity contribution is 8.01. The average molecular weight is 403 g/mol. The summed E-state index contributed by atoms with van der Waals surface area (Å²) < 4.78 is 6.12. The maximum absolute atomic E-state index is 12.8. The van der Waals surface area contributed by atoms with E-state index in [-0.39, 0.29) is 12.5 Å². The van der Waals surface area contributed by atoms with Crippen LogP contribution in [-0.2, 0) is 0 Å². The van der Waals surface area contributed by atoms with Crippen molar-refractivity contribution in [2.45, 2.75) is 11.3 Å². The van der Waals surface area contributed by atoms with Gasteiger partial charge in [-0.1, -0.05) is 41.3 Å². The van der Waals surface area contributed by atoms with Crippen molar-refractivity contribution in [3.8, 4) is 16.9 Å². The van der Waals surface area contributed by atoms with Gasteiger partial charge in [-0.05, 0) is 19.1 Å². The summed E-state index contributed by atoms with van der Waals surface area (Å²) in [6.45, 7) is 1.93. The van der Waals surface area contributed by atoms with Gasteiger partial charge in [0.25, 0.3) is 5.91 Å². The molecule has 0 saturated heterocycles. The smallest absolute Gasteiger partial charge is 0.259 e. The second kappa shape index (κ2) is 8.94. The molecular weight excluding hydrogens is 384 g/mol. The molecule has 1 amide bonds. The molecule has 0 aliphatic carbocycles. The van der Waals surface area contributed by atoms with E-state index in [0.717, 1.165) is 16.8 Å². The third kappa shape index (κ3) is 4.62. The summed E-state index contributed by atoms with van der Waals surface area (Å²) in [4.78, 5) is 17.1. The second-order valence-corrected chi connectivity index (χ2v) is 7.79. The van der Waals surface area contributed by atoms with Crippen LogP contribution < -0.4 is 10.1 Å². The first-order valence-corrected chi connectivity index (χ1v) is 9.91. The number of methoxy groups -OCH3 is 1. The van der Waals surface area contributed by atoms with Crippen molar-refractivity contribution in [2.24, 2.45) is 0 Å². The molecule has 0 spiro atoms. The fourth-order valence-corrected chi connectivity index (χ4v) is 4.01. The highest BCUT2D eigenvalue weighted by atomic mass is 32.2. The number of carbonyl (C=O) groups is 1. The first kappa shape index (κ1) is 19.3. The Labute approximate surface area is 164 Å². The van der Waals surface area contributed by atoms with E-state index in [2.05, 4.69) is 20.5 Å². The largest absolute Gasteiger partial charge is 0.496 e. The molecule has 27 heavy (non-hydrogen) atoms. The third-order valence-corrected chi connectivity index (χ3v) is 5.58. The number of aromatic nitrogens is 3. The van der Waals surface area contributed by atoms with E-state index in [9.17, 15) is 4.79 Å². The van der Waals surface area contributed by atoms with Crippen LogP contribution >= 0.6 is 23.1 Å². The number of para-hydroxylation sites is 1. The summed E-state index contributed by atoms with van der Waals surface area (Å²) in [7, 11) is 1.60. The molecule has 9 heteroatoms. The van der Waals surface area contributed by atoms with Crippen LogP contribution in [0, 0.1) is 6.92 Å². The van der Waals surface area contributed by atoms with Crippen molar-refractivity contribution < 1.29 is 14.6 Å². The van der Waals surface area contributed by atoms with Crippen LogP contribution in [0.4, 0.5) is 5.13 Å². The number of benzene rings is 1. The topological polar surface area (TPSA) is 97.2 Å². The molecule has 0 unspecified atom stereocenters. The summed E-state index contributed by atoms with van der Waals surface area (Å²) >= 11 is 2.65. The minimum atomic E-state index is -0.321. The number of nitrogens with zero attached hydrogens (tertiary/aromatic N) is 3. The summed E-state index contributed by atoms with van der Waals surface area (Å²) in [5, 5.41) is 20.0. The monoisotopic (exact) mass is 402 g/mol. The summed E-state index contributed by atoms with van der Waals surface area (Å²) in [6.07, 6.45) is 1.55. The number of rotatable bonds is 7. The van der Waals surface area contributed by atoms with Gasteiger partial charge in [-0.2, -0.15) is 0 Å². The predicted molar refractivity (Wildman–Crippen MR) is 107 cm³/mol. The number of nitrogens with one attached hydrogen (secondary N) is 1. The number of amides is 1. The second-order valence-electron chi connectivity index (χ2n) is 5.47. The van der Waals surface area contributed by atoms with Crippen LogP contribution in [0.5, 0.6) is 5.75 Å². The molecule has 0 fully saturated rings. The number of thioether (sulfide) groups is 1. The average Bonchev–Trinajstić information content (AvgIpc) is 3.13. The Balaban J connectivity index is 1.90. The summed E-state index contributed by atoms with van der Waals surface area (Å²) in [6, 6.07) is 9.38. The van der Waals surface area contributed by atoms with Crippen molar-refractivity contribution in [1.82, 2.24) is 15.2 Å². The normalized spacial score (nSPS) is 10.6. The molecule has 0 aliphatic heterocycles. The molecule has 2 heterocycles. The van der Waals surface area contributed by atoms with E-state index in [0.29, 0.717) is 26.5 Å². The number of aliphatic hydroxyl groups excluding tert-OH is 1.